The number of cyclic esters (lactones) is 1. The number of carboxylic acids is 1. The molecule has 1 rings (SSSR count). The van der Waals surface area contributed by atoms with Crippen LogP contribution in [0.2, 0.25) is 0 Å². The fourth-order valence-electron chi connectivity index (χ4n) is 8.78. The molecule has 13 atom stereocenters. The summed E-state index contributed by atoms with van der Waals surface area (Å²) in [6, 6.07) is -14.1. The van der Waals surface area contributed by atoms with Gasteiger partial charge in [-0.15, -0.1) is 0 Å². The topological polar surface area (TPSA) is 386 Å². The van der Waals surface area contributed by atoms with Gasteiger partial charge in [0, 0.05) is 6.42 Å². The molecule has 0 radical (unpaired) electrons. The summed E-state index contributed by atoms with van der Waals surface area (Å²) in [5.41, 5.74) is 0. The lowest BCUT2D eigenvalue weighted by Crippen LogP contribution is -2.64. The van der Waals surface area contributed by atoms with Crippen molar-refractivity contribution in [2.45, 2.75) is 240 Å². The minimum atomic E-state index is -1.95. The molecular weight excluding hydrogens is 1040 g/mol. The second-order valence-corrected chi connectivity index (χ2v) is 22.5. The lowest BCUT2D eigenvalue weighted by molar-refractivity contribution is -0.158. The molecule has 1 aliphatic rings. The highest BCUT2D eigenvalue weighted by atomic mass is 16.5. The van der Waals surface area contributed by atoms with E-state index in [1.165, 1.54) is 6.92 Å². The fourth-order valence-corrected chi connectivity index (χ4v) is 8.78. The largest absolute Gasteiger partial charge is 0.481 e. The van der Waals surface area contributed by atoms with Crippen LogP contribution < -0.4 is 47.9 Å². The molecular formula is C55H97N9O16. The Morgan fingerprint density at radius 1 is 0.562 bits per heavy atom. The zero-order chi connectivity index (χ0) is 61.0. The maximum atomic E-state index is 14.8. The minimum absolute atomic E-state index is 0.00960. The van der Waals surface area contributed by atoms with Crippen molar-refractivity contribution >= 4 is 65.1 Å². The zero-order valence-corrected chi connectivity index (χ0v) is 49.2. The molecule has 25 nitrogen and oxygen atoms in total. The molecule has 9 amide bonds. The van der Waals surface area contributed by atoms with Gasteiger partial charge < -0.3 is 73.0 Å². The van der Waals surface area contributed by atoms with Crippen molar-refractivity contribution in [2.75, 3.05) is 13.2 Å². The van der Waals surface area contributed by atoms with Crippen LogP contribution in [0.1, 0.15) is 173 Å². The van der Waals surface area contributed by atoms with Crippen molar-refractivity contribution in [2.24, 2.45) is 29.6 Å². The molecule has 0 aromatic rings. The summed E-state index contributed by atoms with van der Waals surface area (Å²) < 4.78 is 5.85. The normalized spacial score (nSPS) is 24.2. The van der Waals surface area contributed by atoms with E-state index in [0.717, 1.165) is 25.7 Å². The highest BCUT2D eigenvalue weighted by molar-refractivity contribution is 5.99. The van der Waals surface area contributed by atoms with Crippen molar-refractivity contribution in [1.82, 2.24) is 47.9 Å². The highest BCUT2D eigenvalue weighted by Gasteiger charge is 2.41. The lowest BCUT2D eigenvalue weighted by atomic mass is 9.96. The Kier molecular flexibility index (Phi) is 33.5. The van der Waals surface area contributed by atoms with Crippen LogP contribution in [0.4, 0.5) is 0 Å². The number of carbonyl (C=O) groups is 11. The first-order chi connectivity index (χ1) is 37.5. The van der Waals surface area contributed by atoms with Crippen molar-refractivity contribution in [3.8, 4) is 0 Å². The van der Waals surface area contributed by atoms with Gasteiger partial charge in [0.15, 0.2) is 0 Å². The van der Waals surface area contributed by atoms with E-state index >= 15 is 0 Å². The van der Waals surface area contributed by atoms with Crippen molar-refractivity contribution < 1.29 is 77.9 Å². The molecule has 0 bridgehead atoms. The van der Waals surface area contributed by atoms with Gasteiger partial charge in [-0.05, 0) is 68.6 Å². The molecule has 0 aliphatic carbocycles. The molecule has 1 saturated heterocycles. The molecule has 458 valence electrons. The van der Waals surface area contributed by atoms with Gasteiger partial charge in [-0.1, -0.05) is 121 Å². The number of ether oxygens (including phenoxy) is 1. The molecule has 0 aromatic carbocycles. The van der Waals surface area contributed by atoms with E-state index in [4.69, 9.17) is 4.74 Å². The van der Waals surface area contributed by atoms with Crippen molar-refractivity contribution in [3.63, 3.8) is 0 Å². The maximum absolute atomic E-state index is 14.8. The number of rotatable bonds is 28. The van der Waals surface area contributed by atoms with Crippen LogP contribution in [0, 0.1) is 29.6 Å². The SMILES string of the molecule is CCCCCCC[C@@H](O)CC(=O)NC(CC(C)C)C(=O)NC(CCC(=O)O)C(=O)NC1C(=O)NC(C(C)CC)C(=O)NC(CC(C)C)C(=O)NC(CO)C(=O)NC(CC(C)C)C(=O)NC(CO)C(=O)NC(C(C)CC)C(=O)OC1C. The van der Waals surface area contributed by atoms with Crippen molar-refractivity contribution in [1.29, 1.82) is 0 Å². The number of amides is 9. The summed E-state index contributed by atoms with van der Waals surface area (Å²) in [7, 11) is 0. The van der Waals surface area contributed by atoms with Crippen LogP contribution in [0.3, 0.4) is 0 Å². The predicted octanol–water partition coefficient (Wildman–Crippen LogP) is 0.486. The number of esters is 1. The molecule has 25 heteroatoms. The average molecular weight is 1140 g/mol. The van der Waals surface area contributed by atoms with Gasteiger partial charge in [0.1, 0.15) is 60.5 Å². The maximum Gasteiger partial charge on any atom is 0.329 e. The Hall–Kier alpha value is -5.95. The number of aliphatic carboxylic acids is 1. The van der Waals surface area contributed by atoms with Gasteiger partial charge in [-0.3, -0.25) is 47.9 Å². The van der Waals surface area contributed by atoms with E-state index in [0.29, 0.717) is 12.8 Å². The van der Waals surface area contributed by atoms with E-state index in [-0.39, 0.29) is 56.3 Å². The molecule has 0 aromatic heterocycles. The first-order valence-electron chi connectivity index (χ1n) is 28.6. The number of hydrogen-bond donors (Lipinski definition) is 13. The predicted molar refractivity (Wildman–Crippen MR) is 295 cm³/mol. The van der Waals surface area contributed by atoms with E-state index in [2.05, 4.69) is 54.8 Å². The molecule has 0 saturated carbocycles. The van der Waals surface area contributed by atoms with E-state index in [1.54, 1.807) is 69.2 Å². The van der Waals surface area contributed by atoms with Crippen molar-refractivity contribution in [3.05, 3.63) is 0 Å². The standard InChI is InChI=1S/C55H97N9O16/c1-13-16-17-18-19-20-35(67)26-42(68)56-37(23-29(4)5)48(72)57-36(21-22-43(69)70)47(71)64-46-34(12)80-55(79)45(33(11)15-3)63-52(76)41(28-66)61-49(73)38(24-30(6)7)58-51(75)40(27-65)60-50(74)39(25-31(8)9)59-53(77)44(32(10)14-2)62-54(46)78/h29-41,44-46,65-67H,13-28H2,1-12H3,(H,56,68)(H,57,72)(H,58,75)(H,59,77)(H,60,74)(H,61,73)(H,62,78)(H,63,76)(H,64,71)(H,69,70)/t32?,33?,34?,35-,36?,37?,38?,39?,40?,41?,44?,45?,46?/m1/s1. The van der Waals surface area contributed by atoms with Crippen LogP contribution in [0.25, 0.3) is 0 Å². The zero-order valence-electron chi connectivity index (χ0n) is 49.2. The number of unbranched alkanes of at least 4 members (excludes halogenated alkanes) is 4. The molecule has 12 unspecified atom stereocenters. The lowest BCUT2D eigenvalue weighted by Gasteiger charge is -2.32. The number of aliphatic hydroxyl groups excluding tert-OH is 3. The molecule has 80 heavy (non-hydrogen) atoms. The van der Waals surface area contributed by atoms with Crippen LogP contribution in [0.5, 0.6) is 0 Å². The summed E-state index contributed by atoms with van der Waals surface area (Å²) in [5.74, 6) is -13.3. The van der Waals surface area contributed by atoms with E-state index < -0.39 is 170 Å². The fraction of sp³-hybridized carbons (Fsp3) is 0.800. The minimum Gasteiger partial charge on any atom is -0.481 e. The number of aliphatic hydroxyl groups is 3. The highest BCUT2D eigenvalue weighted by Crippen LogP contribution is 2.17. The van der Waals surface area contributed by atoms with Gasteiger partial charge in [0.05, 0.1) is 25.7 Å². The van der Waals surface area contributed by atoms with Gasteiger partial charge in [0.2, 0.25) is 53.2 Å². The summed E-state index contributed by atoms with van der Waals surface area (Å²) in [4.78, 5) is 153. The number of carboxylic acid groups (broad SMARTS) is 1. The van der Waals surface area contributed by atoms with Crippen LogP contribution in [0.15, 0.2) is 0 Å². The van der Waals surface area contributed by atoms with Crippen LogP contribution in [-0.4, -0.2) is 165 Å². The van der Waals surface area contributed by atoms with Gasteiger partial charge in [-0.2, -0.15) is 0 Å². The smallest absolute Gasteiger partial charge is 0.329 e. The summed E-state index contributed by atoms with van der Waals surface area (Å²) in [5, 5.41) is 63.7. The summed E-state index contributed by atoms with van der Waals surface area (Å²) in [6.07, 6.45) is 1.31. The summed E-state index contributed by atoms with van der Waals surface area (Å²) >= 11 is 0. The Bertz CT molecular complexity index is 2040. The number of carbonyl (C=O) groups excluding carboxylic acids is 10. The van der Waals surface area contributed by atoms with Gasteiger partial charge in [-0.25, -0.2) is 4.79 Å². The molecule has 1 heterocycles. The first kappa shape index (κ1) is 72.1. The second-order valence-electron chi connectivity index (χ2n) is 22.5. The van der Waals surface area contributed by atoms with Crippen LogP contribution >= 0.6 is 0 Å². The Balaban J connectivity index is 4.04. The molecule has 1 fully saturated rings. The van der Waals surface area contributed by atoms with Gasteiger partial charge in [0.25, 0.3) is 0 Å². The van der Waals surface area contributed by atoms with Gasteiger partial charge >= 0.3 is 11.9 Å². The third-order valence-electron chi connectivity index (χ3n) is 13.9. The second kappa shape index (κ2) is 37.1. The summed E-state index contributed by atoms with van der Waals surface area (Å²) in [6.45, 7) is 18.5. The molecule has 0 spiro atoms. The number of nitrogens with one attached hydrogen (secondary N) is 9. The molecule has 13 N–H and O–H groups in total. The Morgan fingerprint density at radius 2 is 1.04 bits per heavy atom. The first-order valence-corrected chi connectivity index (χ1v) is 28.6. The quantitative estimate of drug-likeness (QED) is 0.0374. The third-order valence-corrected chi connectivity index (χ3v) is 13.9. The monoisotopic (exact) mass is 1140 g/mol. The number of hydrogen-bond acceptors (Lipinski definition) is 15. The Morgan fingerprint density at radius 3 is 1.52 bits per heavy atom. The van der Waals surface area contributed by atoms with E-state index in [9.17, 15) is 73.2 Å². The third kappa shape index (κ3) is 26.1. The molecule has 1 aliphatic heterocycles. The van der Waals surface area contributed by atoms with E-state index in [1.807, 2.05) is 0 Å². The average Bonchev–Trinajstić information content (AvgIpc) is 3.38. The Labute approximate surface area is 471 Å². The van der Waals surface area contributed by atoms with Crippen LogP contribution in [-0.2, 0) is 57.5 Å².